The molecule has 3 rings (SSSR count). The van der Waals surface area contributed by atoms with Gasteiger partial charge in [-0.05, 0) is 38.1 Å². The van der Waals surface area contributed by atoms with Crippen molar-refractivity contribution in [2.24, 2.45) is 0 Å². The lowest BCUT2D eigenvalue weighted by molar-refractivity contribution is -0.137. The molecule has 1 amide bonds. The van der Waals surface area contributed by atoms with Crippen LogP contribution in [0.25, 0.3) is 5.69 Å². The van der Waals surface area contributed by atoms with Crippen LogP contribution in [0.4, 0.5) is 13.2 Å². The fourth-order valence-corrected chi connectivity index (χ4v) is 3.64. The molecule has 0 aliphatic rings. The summed E-state index contributed by atoms with van der Waals surface area (Å²) in [6, 6.07) is 7.76. The second-order valence-corrected chi connectivity index (χ2v) is 7.54. The van der Waals surface area contributed by atoms with E-state index >= 15 is 0 Å². The molecule has 1 aromatic heterocycles. The van der Waals surface area contributed by atoms with Gasteiger partial charge in [0.15, 0.2) is 11.5 Å². The maximum atomic E-state index is 13.1. The van der Waals surface area contributed by atoms with Gasteiger partial charge in [0.25, 0.3) is 11.7 Å². The lowest BCUT2D eigenvalue weighted by Crippen LogP contribution is -2.31. The van der Waals surface area contributed by atoms with E-state index in [1.165, 1.54) is 52.0 Å². The van der Waals surface area contributed by atoms with Crippen molar-refractivity contribution in [1.29, 1.82) is 0 Å². The number of amides is 1. The average Bonchev–Trinajstić information content (AvgIpc) is 3.14. The van der Waals surface area contributed by atoms with Crippen molar-refractivity contribution in [3.63, 3.8) is 0 Å². The van der Waals surface area contributed by atoms with E-state index < -0.39 is 23.4 Å². The number of nitrogens with one attached hydrogen (secondary N) is 1. The first kappa shape index (κ1) is 25.6. The SMILES string of the molecule is COc1cc(OC)c(OC)cc1CNC(=O)C(=O)c1c(C)nn(-c2cccc(C(F)(F)F)c2)c1C. The summed E-state index contributed by atoms with van der Waals surface area (Å²) in [5.74, 6) is -0.504. The molecule has 0 atom stereocenters. The van der Waals surface area contributed by atoms with E-state index in [2.05, 4.69) is 10.4 Å². The predicted molar refractivity (Wildman–Crippen MR) is 120 cm³/mol. The topological polar surface area (TPSA) is 91.7 Å². The quantitative estimate of drug-likeness (QED) is 0.378. The number of ether oxygens (including phenoxy) is 3. The Morgan fingerprint density at radius 1 is 0.971 bits per heavy atom. The number of nitrogens with zero attached hydrogens (tertiary/aromatic N) is 2. The number of hydrogen-bond donors (Lipinski definition) is 1. The molecule has 1 N–H and O–H groups in total. The Morgan fingerprint density at radius 3 is 2.20 bits per heavy atom. The minimum atomic E-state index is -4.53. The first-order chi connectivity index (χ1) is 16.5. The van der Waals surface area contributed by atoms with E-state index in [0.717, 1.165) is 12.1 Å². The summed E-state index contributed by atoms with van der Waals surface area (Å²) in [5, 5.41) is 6.74. The van der Waals surface area contributed by atoms with Gasteiger partial charge in [0.2, 0.25) is 0 Å². The van der Waals surface area contributed by atoms with Crippen LogP contribution >= 0.6 is 0 Å². The first-order valence-corrected chi connectivity index (χ1v) is 10.4. The summed E-state index contributed by atoms with van der Waals surface area (Å²) in [7, 11) is 4.39. The number of alkyl halides is 3. The van der Waals surface area contributed by atoms with Crippen LogP contribution in [0.5, 0.6) is 17.2 Å². The van der Waals surface area contributed by atoms with Crippen molar-refractivity contribution in [3.8, 4) is 22.9 Å². The zero-order chi connectivity index (χ0) is 25.9. The molecule has 0 saturated carbocycles. The summed E-state index contributed by atoms with van der Waals surface area (Å²) in [5.41, 5.74) is 0.278. The number of methoxy groups -OCH3 is 3. The monoisotopic (exact) mass is 491 g/mol. The van der Waals surface area contributed by atoms with Gasteiger partial charge in [0.1, 0.15) is 5.75 Å². The molecule has 0 radical (unpaired) electrons. The fourth-order valence-electron chi connectivity index (χ4n) is 3.64. The van der Waals surface area contributed by atoms with Crippen molar-refractivity contribution in [3.05, 3.63) is 64.5 Å². The van der Waals surface area contributed by atoms with Crippen molar-refractivity contribution >= 4 is 11.7 Å². The molecule has 1 heterocycles. The third-order valence-electron chi connectivity index (χ3n) is 5.37. The van der Waals surface area contributed by atoms with Gasteiger partial charge in [-0.2, -0.15) is 18.3 Å². The average molecular weight is 491 g/mol. The second kappa shape index (κ2) is 10.1. The summed E-state index contributed by atoms with van der Waals surface area (Å²) < 4.78 is 56.4. The molecule has 0 unspecified atom stereocenters. The number of aryl methyl sites for hydroxylation is 1. The highest BCUT2D eigenvalue weighted by molar-refractivity contribution is 6.43. The smallest absolute Gasteiger partial charge is 0.416 e. The standard InChI is InChI=1S/C24H24F3N3O5/c1-13-21(14(2)30(29-13)17-8-6-7-16(10-17)24(25,26)27)22(31)23(32)28-12-15-9-19(34-4)20(35-5)11-18(15)33-3/h6-11H,12H2,1-5H3,(H,28,32). The van der Waals surface area contributed by atoms with Gasteiger partial charge >= 0.3 is 6.18 Å². The van der Waals surface area contributed by atoms with Gasteiger partial charge in [0.05, 0.1) is 49.5 Å². The lowest BCUT2D eigenvalue weighted by Gasteiger charge is -2.14. The minimum absolute atomic E-state index is 0.0131. The molecule has 11 heteroatoms. The highest BCUT2D eigenvalue weighted by Gasteiger charge is 2.31. The molecular formula is C24H24F3N3O5. The van der Waals surface area contributed by atoms with Gasteiger partial charge in [-0.1, -0.05) is 6.07 Å². The third-order valence-corrected chi connectivity index (χ3v) is 5.37. The largest absolute Gasteiger partial charge is 0.496 e. The number of aromatic nitrogens is 2. The van der Waals surface area contributed by atoms with Crippen LogP contribution in [0.2, 0.25) is 0 Å². The van der Waals surface area contributed by atoms with E-state index in [1.807, 2.05) is 0 Å². The molecule has 0 bridgehead atoms. The number of hydrogen-bond acceptors (Lipinski definition) is 6. The third kappa shape index (κ3) is 5.23. The summed E-state index contributed by atoms with van der Waals surface area (Å²) in [6.45, 7) is 2.97. The van der Waals surface area contributed by atoms with Gasteiger partial charge in [-0.15, -0.1) is 0 Å². The van der Waals surface area contributed by atoms with E-state index in [0.29, 0.717) is 22.8 Å². The maximum Gasteiger partial charge on any atom is 0.416 e. The van der Waals surface area contributed by atoms with Crippen LogP contribution < -0.4 is 19.5 Å². The number of halogens is 3. The van der Waals surface area contributed by atoms with E-state index in [-0.39, 0.29) is 29.2 Å². The lowest BCUT2D eigenvalue weighted by atomic mass is 10.1. The van der Waals surface area contributed by atoms with Crippen LogP contribution in [0.1, 0.15) is 32.9 Å². The number of carbonyl (C=O) groups excluding carboxylic acids is 2. The van der Waals surface area contributed by atoms with Crippen molar-refractivity contribution in [1.82, 2.24) is 15.1 Å². The molecule has 8 nitrogen and oxygen atoms in total. The van der Waals surface area contributed by atoms with E-state index in [1.54, 1.807) is 12.1 Å². The van der Waals surface area contributed by atoms with Crippen LogP contribution in [0, 0.1) is 13.8 Å². The number of rotatable bonds is 8. The van der Waals surface area contributed by atoms with Crippen LogP contribution in [-0.4, -0.2) is 42.8 Å². The predicted octanol–water partition coefficient (Wildman–Crippen LogP) is 4.03. The van der Waals surface area contributed by atoms with Crippen molar-refractivity contribution in [2.45, 2.75) is 26.6 Å². The molecular weight excluding hydrogens is 467 g/mol. The summed E-state index contributed by atoms with van der Waals surface area (Å²) in [4.78, 5) is 25.6. The van der Waals surface area contributed by atoms with Crippen LogP contribution in [-0.2, 0) is 17.5 Å². The van der Waals surface area contributed by atoms with Gasteiger partial charge in [-0.3, -0.25) is 9.59 Å². The van der Waals surface area contributed by atoms with Gasteiger partial charge < -0.3 is 19.5 Å². The number of Topliss-reactive ketones (excluding diaryl/α,β-unsaturated/α-hetero) is 1. The number of carbonyl (C=O) groups is 2. The Hall–Kier alpha value is -4.02. The van der Waals surface area contributed by atoms with Crippen molar-refractivity contribution < 1.29 is 37.0 Å². The van der Waals surface area contributed by atoms with Gasteiger partial charge in [0, 0.05) is 18.2 Å². The molecule has 0 saturated heterocycles. The molecule has 0 aliphatic heterocycles. The maximum absolute atomic E-state index is 13.1. The molecule has 2 aromatic carbocycles. The second-order valence-electron chi connectivity index (χ2n) is 7.54. The first-order valence-electron chi connectivity index (χ1n) is 10.4. The Bertz CT molecular complexity index is 1270. The highest BCUT2D eigenvalue weighted by Crippen LogP contribution is 2.34. The molecule has 186 valence electrons. The zero-order valence-corrected chi connectivity index (χ0v) is 19.7. The highest BCUT2D eigenvalue weighted by atomic mass is 19.4. The Morgan fingerprint density at radius 2 is 1.60 bits per heavy atom. The van der Waals surface area contributed by atoms with E-state index in [9.17, 15) is 22.8 Å². The van der Waals surface area contributed by atoms with Crippen LogP contribution in [0.3, 0.4) is 0 Å². The molecule has 3 aromatic rings. The molecule has 0 spiro atoms. The van der Waals surface area contributed by atoms with Crippen molar-refractivity contribution in [2.75, 3.05) is 21.3 Å². The minimum Gasteiger partial charge on any atom is -0.496 e. The van der Waals surface area contributed by atoms with E-state index in [4.69, 9.17) is 14.2 Å². The van der Waals surface area contributed by atoms with Gasteiger partial charge in [-0.25, -0.2) is 4.68 Å². The number of benzene rings is 2. The summed E-state index contributed by atoms with van der Waals surface area (Å²) in [6.07, 6.45) is -4.53. The zero-order valence-electron chi connectivity index (χ0n) is 19.7. The molecule has 35 heavy (non-hydrogen) atoms. The molecule has 0 fully saturated rings. The summed E-state index contributed by atoms with van der Waals surface area (Å²) >= 11 is 0. The molecule has 0 aliphatic carbocycles. The normalized spacial score (nSPS) is 11.2. The Kier molecular flexibility index (Phi) is 7.37. The number of ketones is 1. The fraction of sp³-hybridized carbons (Fsp3) is 0.292. The Labute approximate surface area is 199 Å². The Balaban J connectivity index is 1.85. The van der Waals surface area contributed by atoms with Crippen LogP contribution in [0.15, 0.2) is 36.4 Å².